The third kappa shape index (κ3) is 3.58. The molecule has 0 atom stereocenters. The van der Waals surface area contributed by atoms with Crippen LogP contribution in [0, 0.1) is 0 Å². The fourth-order valence-corrected chi connectivity index (χ4v) is 5.10. The third-order valence-electron chi connectivity index (χ3n) is 4.89. The van der Waals surface area contributed by atoms with Crippen molar-refractivity contribution in [2.45, 2.75) is 19.5 Å². The summed E-state index contributed by atoms with van der Waals surface area (Å²) in [7, 11) is 0. The van der Waals surface area contributed by atoms with Crippen molar-refractivity contribution in [2.24, 2.45) is 0 Å². The number of nitrogens with zero attached hydrogens (tertiary/aromatic N) is 3. The van der Waals surface area contributed by atoms with Crippen LogP contribution in [0.25, 0.3) is 21.8 Å². The molecule has 1 aliphatic rings. The van der Waals surface area contributed by atoms with E-state index in [4.69, 9.17) is 4.98 Å². The van der Waals surface area contributed by atoms with Gasteiger partial charge in [-0.1, -0.05) is 36.4 Å². The van der Waals surface area contributed by atoms with E-state index in [2.05, 4.69) is 69.2 Å². The maximum atomic E-state index is 4.82. The van der Waals surface area contributed by atoms with Crippen LogP contribution in [-0.2, 0) is 19.5 Å². The van der Waals surface area contributed by atoms with Crippen LogP contribution in [0.2, 0.25) is 0 Å². The standard InChI is InChI=1S/C22H19N3S2/c1-2-5-16(6-3-1)17-11-19(27-15-17)14-25-9-8-20-18(13-25)12-23-22(24-20)21-7-4-10-26-21/h1-7,10-12,15H,8-9,13-14H2. The van der Waals surface area contributed by atoms with Crippen LogP contribution in [0.3, 0.4) is 0 Å². The SMILES string of the molecule is c1ccc(-c2csc(CN3CCc4nc(-c5cccs5)ncc4C3)c2)cc1. The summed E-state index contributed by atoms with van der Waals surface area (Å²) in [6.07, 6.45) is 3.01. The molecule has 3 nitrogen and oxygen atoms in total. The number of thiophene rings is 2. The van der Waals surface area contributed by atoms with Gasteiger partial charge in [-0.15, -0.1) is 22.7 Å². The molecule has 0 unspecified atom stereocenters. The zero-order chi connectivity index (χ0) is 18.1. The quantitative estimate of drug-likeness (QED) is 0.462. The molecular formula is C22H19N3S2. The van der Waals surface area contributed by atoms with E-state index < -0.39 is 0 Å². The maximum Gasteiger partial charge on any atom is 0.169 e. The second-order valence-corrected chi connectivity index (χ2v) is 8.71. The lowest BCUT2D eigenvalue weighted by Gasteiger charge is -2.27. The number of rotatable bonds is 4. The van der Waals surface area contributed by atoms with Gasteiger partial charge < -0.3 is 0 Å². The summed E-state index contributed by atoms with van der Waals surface area (Å²) >= 11 is 3.54. The van der Waals surface area contributed by atoms with E-state index in [1.165, 1.54) is 27.3 Å². The Bertz CT molecular complexity index is 1040. The molecule has 5 rings (SSSR count). The minimum atomic E-state index is 0.864. The Morgan fingerprint density at radius 2 is 1.93 bits per heavy atom. The van der Waals surface area contributed by atoms with Gasteiger partial charge in [-0.25, -0.2) is 9.97 Å². The first-order valence-electron chi connectivity index (χ1n) is 9.09. The van der Waals surface area contributed by atoms with Crippen molar-refractivity contribution in [3.05, 3.63) is 81.6 Å². The van der Waals surface area contributed by atoms with Gasteiger partial charge in [0.1, 0.15) is 0 Å². The normalized spacial score (nSPS) is 14.2. The predicted octanol–water partition coefficient (Wildman–Crippen LogP) is 5.49. The number of hydrogen-bond acceptors (Lipinski definition) is 5. The van der Waals surface area contributed by atoms with Crippen LogP contribution < -0.4 is 0 Å². The van der Waals surface area contributed by atoms with Crippen LogP contribution in [0.4, 0.5) is 0 Å². The Morgan fingerprint density at radius 3 is 2.78 bits per heavy atom. The van der Waals surface area contributed by atoms with Crippen molar-refractivity contribution in [1.82, 2.24) is 14.9 Å². The molecule has 0 aliphatic carbocycles. The summed E-state index contributed by atoms with van der Waals surface area (Å²) in [4.78, 5) is 14.5. The van der Waals surface area contributed by atoms with Gasteiger partial charge in [0, 0.05) is 42.7 Å². The Morgan fingerprint density at radius 1 is 1.00 bits per heavy atom. The first-order chi connectivity index (χ1) is 13.3. The first kappa shape index (κ1) is 16.8. The van der Waals surface area contributed by atoms with Crippen LogP contribution in [0.15, 0.2) is 65.5 Å². The van der Waals surface area contributed by atoms with E-state index in [1.807, 2.05) is 17.5 Å². The molecule has 0 amide bonds. The van der Waals surface area contributed by atoms with Gasteiger partial charge >= 0.3 is 0 Å². The molecule has 0 saturated heterocycles. The molecule has 4 aromatic rings. The third-order valence-corrected chi connectivity index (χ3v) is 6.68. The number of benzene rings is 1. The summed E-state index contributed by atoms with van der Waals surface area (Å²) < 4.78 is 0. The molecule has 0 saturated carbocycles. The minimum absolute atomic E-state index is 0.864. The molecule has 134 valence electrons. The predicted molar refractivity (Wildman–Crippen MR) is 113 cm³/mol. The van der Waals surface area contributed by atoms with Crippen molar-refractivity contribution in [2.75, 3.05) is 6.54 Å². The van der Waals surface area contributed by atoms with Gasteiger partial charge in [-0.05, 0) is 34.0 Å². The van der Waals surface area contributed by atoms with Gasteiger partial charge in [0.25, 0.3) is 0 Å². The maximum absolute atomic E-state index is 4.82. The highest BCUT2D eigenvalue weighted by atomic mass is 32.1. The molecule has 27 heavy (non-hydrogen) atoms. The van der Waals surface area contributed by atoms with E-state index >= 15 is 0 Å². The fraction of sp³-hybridized carbons (Fsp3) is 0.182. The summed E-state index contributed by atoms with van der Waals surface area (Å²) in [5.74, 6) is 0.864. The molecule has 0 N–H and O–H groups in total. The molecule has 0 bridgehead atoms. The topological polar surface area (TPSA) is 29.0 Å². The van der Waals surface area contributed by atoms with E-state index in [1.54, 1.807) is 11.3 Å². The monoisotopic (exact) mass is 389 g/mol. The van der Waals surface area contributed by atoms with E-state index in [9.17, 15) is 0 Å². The van der Waals surface area contributed by atoms with Gasteiger partial charge in [-0.3, -0.25) is 4.90 Å². The Hall–Kier alpha value is -2.34. The Kier molecular flexibility index (Phi) is 4.57. The molecule has 4 heterocycles. The number of aromatic nitrogens is 2. The number of fused-ring (bicyclic) bond motifs is 1. The highest BCUT2D eigenvalue weighted by Crippen LogP contribution is 2.28. The second kappa shape index (κ2) is 7.35. The first-order valence-corrected chi connectivity index (χ1v) is 10.8. The van der Waals surface area contributed by atoms with Crippen LogP contribution in [-0.4, -0.2) is 21.4 Å². The van der Waals surface area contributed by atoms with Crippen molar-refractivity contribution in [3.63, 3.8) is 0 Å². The summed E-state index contributed by atoms with van der Waals surface area (Å²) in [6, 6.07) is 17.1. The molecule has 0 radical (unpaired) electrons. The van der Waals surface area contributed by atoms with Crippen molar-refractivity contribution in [3.8, 4) is 21.8 Å². The van der Waals surface area contributed by atoms with E-state index in [0.717, 1.165) is 36.8 Å². The van der Waals surface area contributed by atoms with Crippen LogP contribution in [0.5, 0.6) is 0 Å². The number of hydrogen-bond donors (Lipinski definition) is 0. The van der Waals surface area contributed by atoms with Gasteiger partial charge in [0.15, 0.2) is 5.82 Å². The van der Waals surface area contributed by atoms with Crippen molar-refractivity contribution < 1.29 is 0 Å². The molecule has 0 fully saturated rings. The molecular weight excluding hydrogens is 370 g/mol. The largest absolute Gasteiger partial charge is 0.293 e. The summed E-state index contributed by atoms with van der Waals surface area (Å²) in [5.41, 5.74) is 5.08. The summed E-state index contributed by atoms with van der Waals surface area (Å²) in [5, 5.41) is 4.34. The zero-order valence-electron chi connectivity index (χ0n) is 14.8. The highest BCUT2D eigenvalue weighted by Gasteiger charge is 2.19. The molecule has 5 heteroatoms. The average molecular weight is 390 g/mol. The van der Waals surface area contributed by atoms with Crippen molar-refractivity contribution in [1.29, 1.82) is 0 Å². The van der Waals surface area contributed by atoms with Gasteiger partial charge in [0.2, 0.25) is 0 Å². The second-order valence-electron chi connectivity index (χ2n) is 6.77. The van der Waals surface area contributed by atoms with Crippen LogP contribution >= 0.6 is 22.7 Å². The van der Waals surface area contributed by atoms with Crippen molar-refractivity contribution >= 4 is 22.7 Å². The van der Waals surface area contributed by atoms with Gasteiger partial charge in [-0.2, -0.15) is 0 Å². The molecule has 0 spiro atoms. The van der Waals surface area contributed by atoms with E-state index in [0.29, 0.717) is 0 Å². The molecule has 3 aromatic heterocycles. The molecule has 1 aliphatic heterocycles. The Labute approximate surface area is 167 Å². The fourth-order valence-electron chi connectivity index (χ4n) is 3.50. The van der Waals surface area contributed by atoms with Crippen LogP contribution in [0.1, 0.15) is 16.1 Å². The minimum Gasteiger partial charge on any atom is -0.293 e. The van der Waals surface area contributed by atoms with Gasteiger partial charge in [0.05, 0.1) is 10.6 Å². The summed E-state index contributed by atoms with van der Waals surface area (Å²) in [6.45, 7) is 2.97. The lowest BCUT2D eigenvalue weighted by Crippen LogP contribution is -2.30. The molecule has 1 aromatic carbocycles. The lowest BCUT2D eigenvalue weighted by atomic mass is 10.1. The lowest BCUT2D eigenvalue weighted by molar-refractivity contribution is 0.245. The van der Waals surface area contributed by atoms with E-state index in [-0.39, 0.29) is 0 Å². The zero-order valence-corrected chi connectivity index (χ0v) is 16.5. The highest BCUT2D eigenvalue weighted by molar-refractivity contribution is 7.13. The Balaban J connectivity index is 1.30. The average Bonchev–Trinajstić information content (AvgIpc) is 3.41. The smallest absolute Gasteiger partial charge is 0.169 e.